The number of amides is 1. The van der Waals surface area contributed by atoms with E-state index in [0.29, 0.717) is 0 Å². The molecule has 0 aliphatic heterocycles. The van der Waals surface area contributed by atoms with Crippen molar-refractivity contribution in [1.82, 2.24) is 0 Å². The summed E-state index contributed by atoms with van der Waals surface area (Å²) in [5.41, 5.74) is -1.28. The fraction of sp³-hybridized carbons (Fsp3) is 0.235. The van der Waals surface area contributed by atoms with Crippen LogP contribution in [0, 0.1) is 10.1 Å². The highest BCUT2D eigenvalue weighted by Crippen LogP contribution is 2.31. The van der Waals surface area contributed by atoms with Crippen LogP contribution in [-0.2, 0) is 11.0 Å². The van der Waals surface area contributed by atoms with E-state index in [1.807, 2.05) is 0 Å². The van der Waals surface area contributed by atoms with Crippen molar-refractivity contribution in [1.29, 1.82) is 0 Å². The summed E-state index contributed by atoms with van der Waals surface area (Å²) in [7, 11) is 1.34. The molecule has 0 unspecified atom stereocenters. The lowest BCUT2D eigenvalue weighted by Crippen LogP contribution is -2.30. The molecule has 0 aromatic heterocycles. The predicted molar refractivity (Wildman–Crippen MR) is 89.8 cm³/mol. The maximum absolute atomic E-state index is 12.5. The van der Waals surface area contributed by atoms with Crippen LogP contribution in [0.4, 0.5) is 24.5 Å². The van der Waals surface area contributed by atoms with Crippen LogP contribution in [0.1, 0.15) is 12.5 Å². The molecule has 0 heterocycles. The van der Waals surface area contributed by atoms with Gasteiger partial charge < -0.3 is 14.8 Å². The van der Waals surface area contributed by atoms with Crippen LogP contribution in [0.3, 0.4) is 0 Å². The van der Waals surface area contributed by atoms with Crippen LogP contribution in [0.2, 0.25) is 0 Å². The molecule has 27 heavy (non-hydrogen) atoms. The van der Waals surface area contributed by atoms with Crippen molar-refractivity contribution in [2.75, 3.05) is 12.4 Å². The average molecular weight is 384 g/mol. The molecule has 0 spiro atoms. The summed E-state index contributed by atoms with van der Waals surface area (Å²) in [4.78, 5) is 22.6. The molecule has 0 saturated carbocycles. The SMILES string of the molecule is COc1ccc(NC(=O)[C@H](C)Oc2ccc(C(F)(F)F)cc2)c([N+](=O)[O-])c1. The zero-order chi connectivity index (χ0) is 20.2. The molecule has 10 heteroatoms. The summed E-state index contributed by atoms with van der Waals surface area (Å²) in [6.45, 7) is 1.36. The molecule has 0 aliphatic carbocycles. The van der Waals surface area contributed by atoms with Gasteiger partial charge >= 0.3 is 6.18 Å². The van der Waals surface area contributed by atoms with E-state index in [1.54, 1.807) is 0 Å². The monoisotopic (exact) mass is 384 g/mol. The molecule has 0 radical (unpaired) electrons. The normalized spacial score (nSPS) is 12.2. The van der Waals surface area contributed by atoms with Crippen molar-refractivity contribution < 1.29 is 32.4 Å². The van der Waals surface area contributed by atoms with Crippen molar-refractivity contribution in [2.24, 2.45) is 0 Å². The van der Waals surface area contributed by atoms with Crippen molar-refractivity contribution in [3.05, 3.63) is 58.1 Å². The van der Waals surface area contributed by atoms with Gasteiger partial charge in [-0.05, 0) is 43.3 Å². The lowest BCUT2D eigenvalue weighted by molar-refractivity contribution is -0.384. The van der Waals surface area contributed by atoms with E-state index in [0.717, 1.165) is 30.3 Å². The van der Waals surface area contributed by atoms with Crippen molar-refractivity contribution in [3.63, 3.8) is 0 Å². The summed E-state index contributed by atoms with van der Waals surface area (Å²) in [6, 6.07) is 7.72. The number of rotatable bonds is 6. The first-order valence-corrected chi connectivity index (χ1v) is 7.59. The summed E-state index contributed by atoms with van der Waals surface area (Å²) in [5, 5.41) is 13.5. The van der Waals surface area contributed by atoms with Gasteiger partial charge in [0.2, 0.25) is 0 Å². The summed E-state index contributed by atoms with van der Waals surface area (Å²) < 4.78 is 47.8. The first kappa shape index (κ1) is 20.0. The van der Waals surface area contributed by atoms with E-state index in [4.69, 9.17) is 9.47 Å². The molecule has 2 rings (SSSR count). The number of benzene rings is 2. The van der Waals surface area contributed by atoms with Gasteiger partial charge in [-0.25, -0.2) is 0 Å². The number of ether oxygens (including phenoxy) is 2. The van der Waals surface area contributed by atoms with Crippen molar-refractivity contribution in [3.8, 4) is 11.5 Å². The Hall–Kier alpha value is -3.30. The van der Waals surface area contributed by atoms with E-state index in [9.17, 15) is 28.1 Å². The van der Waals surface area contributed by atoms with Crippen molar-refractivity contribution in [2.45, 2.75) is 19.2 Å². The maximum atomic E-state index is 12.5. The molecule has 2 aromatic rings. The van der Waals surface area contributed by atoms with E-state index in [2.05, 4.69) is 5.32 Å². The van der Waals surface area contributed by atoms with Gasteiger partial charge in [0, 0.05) is 0 Å². The number of nitro benzene ring substituents is 1. The van der Waals surface area contributed by atoms with Crippen LogP contribution >= 0.6 is 0 Å². The molecule has 1 amide bonds. The Kier molecular flexibility index (Phi) is 5.88. The molecule has 0 aliphatic rings. The van der Waals surface area contributed by atoms with Gasteiger partial charge in [0.05, 0.1) is 23.7 Å². The first-order valence-electron chi connectivity index (χ1n) is 7.59. The molecule has 0 fully saturated rings. The van der Waals surface area contributed by atoms with Gasteiger partial charge in [-0.2, -0.15) is 13.2 Å². The fourth-order valence-corrected chi connectivity index (χ4v) is 2.11. The zero-order valence-corrected chi connectivity index (χ0v) is 14.2. The number of carbonyl (C=O) groups excluding carboxylic acids is 1. The molecule has 7 nitrogen and oxygen atoms in total. The van der Waals surface area contributed by atoms with E-state index in [1.165, 1.54) is 26.2 Å². The maximum Gasteiger partial charge on any atom is 0.416 e. The largest absolute Gasteiger partial charge is 0.496 e. The van der Waals surface area contributed by atoms with E-state index >= 15 is 0 Å². The minimum absolute atomic E-state index is 0.0508. The third-order valence-electron chi connectivity index (χ3n) is 3.52. The van der Waals surface area contributed by atoms with E-state index < -0.39 is 28.7 Å². The smallest absolute Gasteiger partial charge is 0.416 e. The Bertz CT molecular complexity index is 837. The predicted octanol–water partition coefficient (Wildman–Crippen LogP) is 4.03. The number of hydrogen-bond donors (Lipinski definition) is 1. The lowest BCUT2D eigenvalue weighted by atomic mass is 10.2. The Morgan fingerprint density at radius 2 is 1.74 bits per heavy atom. The Labute approximate surface area is 151 Å². The minimum atomic E-state index is -4.48. The molecule has 144 valence electrons. The summed E-state index contributed by atoms with van der Waals surface area (Å²) in [5.74, 6) is -0.410. The number of nitro groups is 1. The number of methoxy groups -OCH3 is 1. The summed E-state index contributed by atoms with van der Waals surface area (Å²) in [6.07, 6.45) is -5.59. The molecular weight excluding hydrogens is 369 g/mol. The third-order valence-corrected chi connectivity index (χ3v) is 3.52. The van der Waals surface area contributed by atoms with Crippen LogP contribution in [-0.4, -0.2) is 24.0 Å². The average Bonchev–Trinajstić information content (AvgIpc) is 2.61. The zero-order valence-electron chi connectivity index (χ0n) is 14.2. The molecule has 0 saturated heterocycles. The topological polar surface area (TPSA) is 90.7 Å². The Balaban J connectivity index is 2.09. The molecule has 2 aromatic carbocycles. The minimum Gasteiger partial charge on any atom is -0.496 e. The second kappa shape index (κ2) is 7.94. The quantitative estimate of drug-likeness (QED) is 0.600. The number of anilines is 1. The van der Waals surface area contributed by atoms with Gasteiger partial charge in [-0.3, -0.25) is 14.9 Å². The van der Waals surface area contributed by atoms with Crippen LogP contribution in [0.15, 0.2) is 42.5 Å². The second-order valence-corrected chi connectivity index (χ2v) is 5.41. The van der Waals surface area contributed by atoms with Gasteiger partial charge in [0.1, 0.15) is 17.2 Å². The van der Waals surface area contributed by atoms with Crippen LogP contribution in [0.25, 0.3) is 0 Å². The molecule has 1 atom stereocenters. The van der Waals surface area contributed by atoms with Gasteiger partial charge in [-0.15, -0.1) is 0 Å². The highest BCUT2D eigenvalue weighted by Gasteiger charge is 2.30. The number of nitrogens with zero attached hydrogens (tertiary/aromatic N) is 1. The highest BCUT2D eigenvalue weighted by atomic mass is 19.4. The fourth-order valence-electron chi connectivity index (χ4n) is 2.11. The molecular formula is C17H15F3N2O5. The number of hydrogen-bond acceptors (Lipinski definition) is 5. The molecule has 0 bridgehead atoms. The van der Waals surface area contributed by atoms with Crippen LogP contribution in [0.5, 0.6) is 11.5 Å². The highest BCUT2D eigenvalue weighted by molar-refractivity contribution is 5.96. The Morgan fingerprint density at radius 1 is 1.15 bits per heavy atom. The number of alkyl halides is 3. The first-order chi connectivity index (χ1) is 12.6. The number of nitrogens with one attached hydrogen (secondary N) is 1. The van der Waals surface area contributed by atoms with E-state index in [-0.39, 0.29) is 22.9 Å². The second-order valence-electron chi connectivity index (χ2n) is 5.41. The van der Waals surface area contributed by atoms with Gasteiger partial charge in [0.15, 0.2) is 6.10 Å². The molecule has 1 N–H and O–H groups in total. The standard InChI is InChI=1S/C17H15F3N2O5/c1-10(27-12-5-3-11(4-6-12)17(18,19)20)16(23)21-14-8-7-13(26-2)9-15(14)22(24)25/h3-10H,1-2H3,(H,21,23)/t10-/m0/s1. The number of carbonyl (C=O) groups is 1. The van der Waals surface area contributed by atoms with Gasteiger partial charge in [-0.1, -0.05) is 0 Å². The third kappa shape index (κ3) is 5.09. The van der Waals surface area contributed by atoms with Crippen LogP contribution < -0.4 is 14.8 Å². The number of halogens is 3. The lowest BCUT2D eigenvalue weighted by Gasteiger charge is -2.15. The summed E-state index contributed by atoms with van der Waals surface area (Å²) >= 11 is 0. The van der Waals surface area contributed by atoms with Gasteiger partial charge in [0.25, 0.3) is 11.6 Å². The van der Waals surface area contributed by atoms with Crippen molar-refractivity contribution >= 4 is 17.3 Å². The Morgan fingerprint density at radius 3 is 2.26 bits per heavy atom.